The number of anilines is 2. The molecule has 0 spiro atoms. The number of amides is 2. The van der Waals surface area contributed by atoms with Crippen LogP contribution in [0.3, 0.4) is 0 Å². The van der Waals surface area contributed by atoms with Gasteiger partial charge in [-0.05, 0) is 62.2 Å². The van der Waals surface area contributed by atoms with E-state index in [2.05, 4.69) is 10.6 Å². The Hall–Kier alpha value is -4.44. The molecule has 0 saturated heterocycles. The summed E-state index contributed by atoms with van der Waals surface area (Å²) in [6.07, 6.45) is 0.439. The highest BCUT2D eigenvalue weighted by atomic mass is 32.2. The van der Waals surface area contributed by atoms with Gasteiger partial charge in [-0.3, -0.25) is 19.1 Å². The van der Waals surface area contributed by atoms with E-state index in [1.54, 1.807) is 67.2 Å². The molecule has 1 fully saturated rings. The number of carbonyl (C=O) groups is 2. The molecule has 38 heavy (non-hydrogen) atoms. The average molecular weight is 531 g/mol. The van der Waals surface area contributed by atoms with Gasteiger partial charge in [-0.2, -0.15) is 0 Å². The maximum absolute atomic E-state index is 13.2. The van der Waals surface area contributed by atoms with Gasteiger partial charge >= 0.3 is 0 Å². The lowest BCUT2D eigenvalue weighted by molar-refractivity contribution is -0.116. The van der Waals surface area contributed by atoms with E-state index in [0.29, 0.717) is 11.4 Å². The lowest BCUT2D eigenvalue weighted by Crippen LogP contribution is -2.37. The number of aromatic nitrogens is 2. The highest BCUT2D eigenvalue weighted by Gasteiger charge is 2.61. The van der Waals surface area contributed by atoms with Gasteiger partial charge in [0.25, 0.3) is 11.5 Å². The zero-order valence-electron chi connectivity index (χ0n) is 20.8. The number of benzene rings is 3. The second kappa shape index (κ2) is 9.46. The molecular weight excluding hydrogens is 504 g/mol. The van der Waals surface area contributed by atoms with Crippen LogP contribution in [0.15, 0.2) is 94.6 Å². The monoisotopic (exact) mass is 530 g/mol. The number of carbonyl (C=O) groups excluding carboxylic acids is 2. The minimum absolute atomic E-state index is 0.0974. The fourth-order valence-corrected chi connectivity index (χ4v) is 6.34. The topological polar surface area (TPSA) is 119 Å². The first-order chi connectivity index (χ1) is 18.2. The van der Waals surface area contributed by atoms with Crippen LogP contribution in [-0.2, 0) is 21.7 Å². The first-order valence-electron chi connectivity index (χ1n) is 12.0. The first kappa shape index (κ1) is 25.2. The number of sulfone groups is 1. The van der Waals surface area contributed by atoms with Crippen molar-refractivity contribution < 1.29 is 18.0 Å². The lowest BCUT2D eigenvalue weighted by atomic mass is 10.1. The van der Waals surface area contributed by atoms with Gasteiger partial charge in [0, 0.05) is 18.3 Å². The van der Waals surface area contributed by atoms with Crippen molar-refractivity contribution in [2.24, 2.45) is 7.05 Å². The van der Waals surface area contributed by atoms with Gasteiger partial charge in [0.05, 0.1) is 16.3 Å². The Morgan fingerprint density at radius 1 is 0.868 bits per heavy atom. The summed E-state index contributed by atoms with van der Waals surface area (Å²) in [5.74, 6) is -1.17. The van der Waals surface area contributed by atoms with E-state index >= 15 is 0 Å². The van der Waals surface area contributed by atoms with Crippen LogP contribution in [0.5, 0.6) is 0 Å². The van der Waals surface area contributed by atoms with Crippen molar-refractivity contribution in [2.45, 2.75) is 29.4 Å². The molecule has 1 aliphatic carbocycles. The molecule has 1 aromatic heterocycles. The molecule has 2 N–H and O–H groups in total. The molecule has 10 heteroatoms. The minimum atomic E-state index is -3.88. The van der Waals surface area contributed by atoms with Crippen LogP contribution < -0.4 is 16.2 Å². The van der Waals surface area contributed by atoms with E-state index in [1.807, 2.05) is 18.2 Å². The number of rotatable bonds is 7. The van der Waals surface area contributed by atoms with Crippen molar-refractivity contribution >= 4 is 33.0 Å². The molecule has 2 amide bonds. The second-order valence-electron chi connectivity index (χ2n) is 9.24. The van der Waals surface area contributed by atoms with Crippen LogP contribution in [-0.4, -0.2) is 34.3 Å². The fourth-order valence-electron chi connectivity index (χ4n) is 4.44. The summed E-state index contributed by atoms with van der Waals surface area (Å²) in [7, 11) is -2.15. The predicted molar refractivity (Wildman–Crippen MR) is 144 cm³/mol. The molecule has 9 nitrogen and oxygen atoms in total. The van der Waals surface area contributed by atoms with Crippen LogP contribution in [0.25, 0.3) is 5.69 Å². The summed E-state index contributed by atoms with van der Waals surface area (Å²) in [4.78, 5) is 39.4. The van der Waals surface area contributed by atoms with Crippen LogP contribution in [0.4, 0.5) is 11.4 Å². The van der Waals surface area contributed by atoms with Crippen molar-refractivity contribution in [2.75, 3.05) is 10.6 Å². The van der Waals surface area contributed by atoms with Gasteiger partial charge in [-0.15, -0.1) is 0 Å². The highest BCUT2D eigenvalue weighted by molar-refractivity contribution is 7.94. The van der Waals surface area contributed by atoms with Crippen LogP contribution >= 0.6 is 0 Å². The molecule has 1 saturated carbocycles. The molecule has 5 rings (SSSR count). The largest absolute Gasteiger partial charge is 0.325 e. The van der Waals surface area contributed by atoms with E-state index in [1.165, 1.54) is 22.9 Å². The molecule has 0 aliphatic heterocycles. The Morgan fingerprint density at radius 2 is 1.50 bits per heavy atom. The molecule has 0 radical (unpaired) electrons. The maximum Gasteiger partial charge on any atom is 0.295 e. The average Bonchev–Trinajstić information content (AvgIpc) is 3.72. The molecule has 0 atom stereocenters. The third kappa shape index (κ3) is 4.22. The van der Waals surface area contributed by atoms with Gasteiger partial charge in [0.15, 0.2) is 14.6 Å². The maximum atomic E-state index is 13.2. The van der Waals surface area contributed by atoms with Crippen molar-refractivity contribution in [1.82, 2.24) is 9.36 Å². The molecule has 1 aliphatic rings. The summed E-state index contributed by atoms with van der Waals surface area (Å²) < 4.78 is 27.9. The second-order valence-corrected chi connectivity index (χ2v) is 11.5. The Balaban J connectivity index is 1.36. The quantitative estimate of drug-likeness (QED) is 0.378. The van der Waals surface area contributed by atoms with Gasteiger partial charge in [-0.1, -0.05) is 42.5 Å². The SMILES string of the molecule is Cc1c(NC(=O)c2cccc(NC(=O)C3(S(=O)(=O)c4ccccc4)CC3)c2)c(=O)n(-c2ccccc2)n1C. The van der Waals surface area contributed by atoms with E-state index in [9.17, 15) is 22.8 Å². The van der Waals surface area contributed by atoms with Crippen molar-refractivity contribution in [3.8, 4) is 5.69 Å². The van der Waals surface area contributed by atoms with Crippen LogP contribution in [0.2, 0.25) is 0 Å². The summed E-state index contributed by atoms with van der Waals surface area (Å²) in [6, 6.07) is 23.1. The summed E-state index contributed by atoms with van der Waals surface area (Å²) in [5, 5.41) is 5.36. The summed E-state index contributed by atoms with van der Waals surface area (Å²) in [6.45, 7) is 1.73. The Kier molecular flexibility index (Phi) is 6.28. The molecule has 194 valence electrons. The lowest BCUT2D eigenvalue weighted by Gasteiger charge is -2.16. The Bertz CT molecular complexity index is 1700. The standard InChI is InChI=1S/C28H26N4O5S/c1-19-24(26(34)32(31(19)2)22-12-5-3-6-13-22)30-25(33)20-10-9-11-21(18-20)29-27(35)28(16-17-28)38(36,37)23-14-7-4-8-15-23/h3-15,18H,16-17H2,1-2H3,(H,29,35)(H,30,33). The van der Waals surface area contributed by atoms with Crippen molar-refractivity contribution in [3.63, 3.8) is 0 Å². The molecule has 3 aromatic carbocycles. The third-order valence-electron chi connectivity index (χ3n) is 6.86. The van der Waals surface area contributed by atoms with Crippen LogP contribution in [0, 0.1) is 6.92 Å². The number of hydrogen-bond acceptors (Lipinski definition) is 5. The van der Waals surface area contributed by atoms with E-state index in [-0.39, 0.29) is 40.2 Å². The minimum Gasteiger partial charge on any atom is -0.325 e. The zero-order chi connectivity index (χ0) is 27.1. The number of nitrogens with one attached hydrogen (secondary N) is 2. The Labute approximate surface area is 219 Å². The first-order valence-corrected chi connectivity index (χ1v) is 13.5. The van der Waals surface area contributed by atoms with Crippen molar-refractivity contribution in [3.05, 3.63) is 107 Å². The van der Waals surface area contributed by atoms with E-state index in [0.717, 1.165) is 0 Å². The van der Waals surface area contributed by atoms with Gasteiger partial charge in [0.2, 0.25) is 5.91 Å². The smallest absolute Gasteiger partial charge is 0.295 e. The predicted octanol–water partition coefficient (Wildman–Crippen LogP) is 3.68. The molecule has 1 heterocycles. The van der Waals surface area contributed by atoms with Crippen LogP contribution in [0.1, 0.15) is 28.9 Å². The van der Waals surface area contributed by atoms with Crippen molar-refractivity contribution in [1.29, 1.82) is 0 Å². The van der Waals surface area contributed by atoms with Gasteiger partial charge < -0.3 is 10.6 Å². The van der Waals surface area contributed by atoms with Gasteiger partial charge in [-0.25, -0.2) is 13.1 Å². The zero-order valence-corrected chi connectivity index (χ0v) is 21.7. The molecule has 4 aromatic rings. The van der Waals surface area contributed by atoms with E-state index < -0.39 is 26.4 Å². The summed E-state index contributed by atoms with van der Waals surface area (Å²) >= 11 is 0. The van der Waals surface area contributed by atoms with Gasteiger partial charge in [0.1, 0.15) is 5.69 Å². The fraction of sp³-hybridized carbons (Fsp3) is 0.179. The third-order valence-corrected chi connectivity index (χ3v) is 9.38. The number of nitrogens with zero attached hydrogens (tertiary/aromatic N) is 2. The Morgan fingerprint density at radius 3 is 2.13 bits per heavy atom. The summed E-state index contributed by atoms with van der Waals surface area (Å²) in [5.41, 5.74) is 1.47. The van der Waals surface area contributed by atoms with E-state index in [4.69, 9.17) is 0 Å². The molecule has 0 bridgehead atoms. The number of para-hydroxylation sites is 1. The molecular formula is C28H26N4O5S. The highest BCUT2D eigenvalue weighted by Crippen LogP contribution is 2.47. The number of hydrogen-bond donors (Lipinski definition) is 2. The normalized spacial score (nSPS) is 14.1. The molecule has 0 unspecified atom stereocenters.